The van der Waals surface area contributed by atoms with Crippen molar-refractivity contribution in [2.45, 2.75) is 18.5 Å². The molecule has 1 heterocycles. The van der Waals surface area contributed by atoms with E-state index in [0.29, 0.717) is 0 Å². The molecule has 0 saturated heterocycles. The number of nitrogens with one attached hydrogen (secondary N) is 4. The molecule has 5 N–H and O–H groups in total. The fourth-order valence-corrected chi connectivity index (χ4v) is 4.53. The normalized spacial score (nSPS) is 12.6. The number of hydrogen-bond acceptors (Lipinski definition) is 7. The van der Waals surface area contributed by atoms with Gasteiger partial charge in [0.15, 0.2) is 0 Å². The van der Waals surface area contributed by atoms with Crippen LogP contribution in [0.25, 0.3) is 11.1 Å². The number of halogens is 1. The summed E-state index contributed by atoms with van der Waals surface area (Å²) < 4.78 is 6.33. The predicted octanol–water partition coefficient (Wildman–Crippen LogP) is 0.281. The summed E-state index contributed by atoms with van der Waals surface area (Å²) in [7, 11) is 0. The molecular formula is C24H20IN5O8. The van der Waals surface area contributed by atoms with Crippen molar-refractivity contribution in [1.29, 1.82) is 0 Å². The van der Waals surface area contributed by atoms with Crippen LogP contribution in [-0.2, 0) is 25.7 Å². The third kappa shape index (κ3) is 5.74. The first-order chi connectivity index (χ1) is 18.2. The molecule has 1 atom stereocenters. The van der Waals surface area contributed by atoms with E-state index in [4.69, 9.17) is 9.84 Å². The molecule has 1 aliphatic carbocycles. The highest BCUT2D eigenvalue weighted by molar-refractivity contribution is 14.1. The van der Waals surface area contributed by atoms with E-state index in [1.54, 1.807) is 22.6 Å². The summed E-state index contributed by atoms with van der Waals surface area (Å²) in [4.78, 5) is 73.4. The maximum Gasteiger partial charge on any atom is 0.426 e. The highest BCUT2D eigenvalue weighted by Gasteiger charge is 2.29. The van der Waals surface area contributed by atoms with E-state index in [-0.39, 0.29) is 16.1 Å². The molecule has 0 spiro atoms. The van der Waals surface area contributed by atoms with Crippen LogP contribution in [0.3, 0.4) is 0 Å². The Kier molecular flexibility index (Phi) is 7.90. The lowest BCUT2D eigenvalue weighted by molar-refractivity contribution is -0.151. The number of hydrogen-bond donors (Lipinski definition) is 5. The summed E-state index contributed by atoms with van der Waals surface area (Å²) in [6.45, 7) is -0.567. The van der Waals surface area contributed by atoms with Crippen LogP contribution in [0.15, 0.2) is 64.3 Å². The van der Waals surface area contributed by atoms with E-state index < -0.39 is 47.7 Å². The van der Waals surface area contributed by atoms with Gasteiger partial charge in [0.2, 0.25) is 0 Å². The number of hydrazine groups is 1. The van der Waals surface area contributed by atoms with Crippen molar-refractivity contribution < 1.29 is 29.0 Å². The molecule has 1 aliphatic rings. The number of ether oxygens (including phenoxy) is 1. The Bertz CT molecular complexity index is 1500. The summed E-state index contributed by atoms with van der Waals surface area (Å²) in [6, 6.07) is 13.9. The van der Waals surface area contributed by atoms with E-state index in [1.807, 2.05) is 64.3 Å². The van der Waals surface area contributed by atoms with Crippen LogP contribution in [-0.4, -0.2) is 51.2 Å². The molecule has 0 radical (unpaired) electrons. The molecule has 1 unspecified atom stereocenters. The lowest BCUT2D eigenvalue weighted by Crippen LogP contribution is -2.55. The molecule has 0 bridgehead atoms. The maximum atomic E-state index is 12.7. The van der Waals surface area contributed by atoms with Crippen LogP contribution >= 0.6 is 22.6 Å². The zero-order valence-electron chi connectivity index (χ0n) is 19.4. The number of carboxylic acid groups (broad SMARTS) is 1. The third-order valence-electron chi connectivity index (χ3n) is 5.79. The number of benzene rings is 2. The van der Waals surface area contributed by atoms with Gasteiger partial charge in [0.05, 0.1) is 10.1 Å². The molecule has 14 heteroatoms. The number of amides is 3. The van der Waals surface area contributed by atoms with Gasteiger partial charge in [-0.15, -0.1) is 0 Å². The third-order valence-corrected chi connectivity index (χ3v) is 6.56. The van der Waals surface area contributed by atoms with Gasteiger partial charge in [-0.1, -0.05) is 48.5 Å². The zero-order chi connectivity index (χ0) is 27.4. The van der Waals surface area contributed by atoms with Crippen molar-refractivity contribution in [3.05, 3.63) is 90.3 Å². The second-order valence-electron chi connectivity index (χ2n) is 8.16. The van der Waals surface area contributed by atoms with Gasteiger partial charge in [0.1, 0.15) is 12.6 Å². The molecule has 3 amide bonds. The predicted molar refractivity (Wildman–Crippen MR) is 140 cm³/mol. The van der Waals surface area contributed by atoms with Gasteiger partial charge >= 0.3 is 23.7 Å². The molecule has 1 aromatic heterocycles. The summed E-state index contributed by atoms with van der Waals surface area (Å²) in [5.41, 5.74) is 6.61. The Morgan fingerprint density at radius 3 is 2.21 bits per heavy atom. The Morgan fingerprint density at radius 2 is 1.61 bits per heavy atom. The van der Waals surface area contributed by atoms with Crippen LogP contribution in [0.4, 0.5) is 4.79 Å². The van der Waals surface area contributed by atoms with Gasteiger partial charge in [-0.25, -0.2) is 19.8 Å². The zero-order valence-corrected chi connectivity index (χ0v) is 21.6. The lowest BCUT2D eigenvalue weighted by Gasteiger charge is -2.19. The number of fused-ring (bicyclic) bond motifs is 3. The highest BCUT2D eigenvalue weighted by Crippen LogP contribution is 2.44. The average molecular weight is 633 g/mol. The molecule has 196 valence electrons. The molecule has 0 aliphatic heterocycles. The standard InChI is InChI=1S/C24H20IN5O8/c25-17-9-30(23(36)27-19(17)31)10-18(26-21(33)22(34)35)20(32)28-29-24(37)38-11-16-14-7-3-1-5-12(14)13-6-2-4-8-15(13)16/h1-9,16,18H,10-11H2,(H,26,33)(H,28,32)(H,29,37)(H,34,35)(H,27,31,36). The number of carboxylic acids is 1. The van der Waals surface area contributed by atoms with Crippen molar-refractivity contribution >= 4 is 46.5 Å². The quantitative estimate of drug-likeness (QED) is 0.145. The van der Waals surface area contributed by atoms with Gasteiger partial charge in [0, 0.05) is 12.1 Å². The van der Waals surface area contributed by atoms with Crippen molar-refractivity contribution in [1.82, 2.24) is 25.7 Å². The van der Waals surface area contributed by atoms with Gasteiger partial charge in [-0.2, -0.15) is 0 Å². The largest absolute Gasteiger partial charge is 0.474 e. The number of rotatable bonds is 6. The topological polar surface area (TPSA) is 189 Å². The molecule has 38 heavy (non-hydrogen) atoms. The Morgan fingerprint density at radius 1 is 1.00 bits per heavy atom. The summed E-state index contributed by atoms with van der Waals surface area (Å²) in [6.07, 6.45) is 0.132. The van der Waals surface area contributed by atoms with Crippen molar-refractivity contribution in [2.24, 2.45) is 0 Å². The first kappa shape index (κ1) is 26.6. The number of aromatic nitrogens is 2. The second kappa shape index (κ2) is 11.3. The fraction of sp³-hybridized carbons (Fsp3) is 0.167. The number of carbonyl (C=O) groups excluding carboxylic acids is 3. The smallest absolute Gasteiger partial charge is 0.426 e. The Labute approximate surface area is 227 Å². The second-order valence-corrected chi connectivity index (χ2v) is 9.32. The molecule has 0 saturated carbocycles. The first-order valence-corrected chi connectivity index (χ1v) is 12.2. The SMILES string of the molecule is O=C(NNC(=O)C(Cn1cc(I)c(=O)[nH]c1=O)NC(=O)C(=O)O)OCC1c2ccccc2-c2ccccc21. The Balaban J connectivity index is 1.40. The van der Waals surface area contributed by atoms with Gasteiger partial charge in [-0.3, -0.25) is 29.4 Å². The van der Waals surface area contributed by atoms with E-state index >= 15 is 0 Å². The molecule has 3 aromatic rings. The number of H-pyrrole nitrogens is 1. The van der Waals surface area contributed by atoms with Gasteiger partial charge in [-0.05, 0) is 44.8 Å². The average Bonchev–Trinajstić information content (AvgIpc) is 3.22. The summed E-state index contributed by atoms with van der Waals surface area (Å²) in [5, 5.41) is 10.8. The molecule has 2 aromatic carbocycles. The van der Waals surface area contributed by atoms with Crippen molar-refractivity contribution in [2.75, 3.05) is 6.61 Å². The lowest BCUT2D eigenvalue weighted by atomic mass is 9.98. The van der Waals surface area contributed by atoms with Crippen LogP contribution < -0.4 is 27.4 Å². The van der Waals surface area contributed by atoms with E-state index in [1.165, 1.54) is 0 Å². The monoisotopic (exact) mass is 633 g/mol. The number of nitrogens with zero attached hydrogens (tertiary/aromatic N) is 1. The maximum absolute atomic E-state index is 12.7. The minimum Gasteiger partial charge on any atom is -0.474 e. The number of aromatic amines is 1. The highest BCUT2D eigenvalue weighted by atomic mass is 127. The van der Waals surface area contributed by atoms with Crippen LogP contribution in [0.1, 0.15) is 17.0 Å². The minimum absolute atomic E-state index is 0.0277. The number of carbonyl (C=O) groups is 4. The van der Waals surface area contributed by atoms with Gasteiger partial charge in [0.25, 0.3) is 11.5 Å². The summed E-state index contributed by atoms with van der Waals surface area (Å²) in [5.74, 6) is -4.64. The fourth-order valence-electron chi connectivity index (χ4n) is 4.06. The van der Waals surface area contributed by atoms with Crippen molar-refractivity contribution in [3.8, 4) is 11.1 Å². The molecule has 13 nitrogen and oxygen atoms in total. The summed E-state index contributed by atoms with van der Waals surface area (Å²) >= 11 is 1.66. The molecule has 0 fully saturated rings. The van der Waals surface area contributed by atoms with E-state index in [2.05, 4.69) is 5.43 Å². The van der Waals surface area contributed by atoms with Crippen LogP contribution in [0, 0.1) is 3.57 Å². The van der Waals surface area contributed by atoms with Gasteiger partial charge < -0.3 is 15.2 Å². The molecule has 4 rings (SSSR count). The van der Waals surface area contributed by atoms with Crippen molar-refractivity contribution in [3.63, 3.8) is 0 Å². The van der Waals surface area contributed by atoms with Crippen LogP contribution in [0.5, 0.6) is 0 Å². The Hall–Kier alpha value is -4.47. The molecular weight excluding hydrogens is 613 g/mol. The van der Waals surface area contributed by atoms with Crippen LogP contribution in [0.2, 0.25) is 0 Å². The van der Waals surface area contributed by atoms with E-state index in [9.17, 15) is 28.8 Å². The first-order valence-electron chi connectivity index (χ1n) is 11.1. The number of aliphatic carboxylic acids is 1. The van der Waals surface area contributed by atoms with E-state index in [0.717, 1.165) is 33.0 Å². The minimum atomic E-state index is -1.87.